The Balaban J connectivity index is 2.73. The quantitative estimate of drug-likeness (QED) is 0.721. The molecule has 0 unspecified atom stereocenters. The normalized spacial score (nSPS) is 10.1. The van der Waals surface area contributed by atoms with Crippen molar-refractivity contribution in [3.63, 3.8) is 0 Å². The first-order chi connectivity index (χ1) is 6.85. The zero-order valence-electron chi connectivity index (χ0n) is 8.20. The molecule has 0 saturated carbocycles. The Labute approximate surface area is 82.3 Å². The number of nitrogens with one attached hydrogen (secondary N) is 1. The van der Waals surface area contributed by atoms with Gasteiger partial charge in [0.25, 0.3) is 0 Å². The summed E-state index contributed by atoms with van der Waals surface area (Å²) in [5, 5.41) is 2.15. The molecule has 3 nitrogen and oxygen atoms in total. The smallest absolute Gasteiger partial charge is 0.377 e. The molecule has 0 aliphatic carbocycles. The SMILES string of the molecule is COc1cc2ccccc2c(OC)[nH+]1. The van der Waals surface area contributed by atoms with Gasteiger partial charge in [0.2, 0.25) is 0 Å². The molecule has 2 aromatic rings. The third-order valence-electron chi connectivity index (χ3n) is 2.15. The van der Waals surface area contributed by atoms with Gasteiger partial charge in [-0.1, -0.05) is 18.2 Å². The largest absolute Gasteiger partial charge is 0.448 e. The van der Waals surface area contributed by atoms with Gasteiger partial charge in [0.15, 0.2) is 0 Å². The summed E-state index contributed by atoms with van der Waals surface area (Å²) in [6, 6.07) is 9.93. The Bertz CT molecular complexity index is 454. The maximum Gasteiger partial charge on any atom is 0.377 e. The van der Waals surface area contributed by atoms with Gasteiger partial charge in [0.05, 0.1) is 25.7 Å². The predicted molar refractivity (Wildman–Crippen MR) is 53.6 cm³/mol. The molecule has 0 saturated heterocycles. The number of aromatic nitrogens is 1. The Hall–Kier alpha value is -1.77. The molecule has 0 atom stereocenters. The number of hydrogen-bond donors (Lipinski definition) is 0. The molecule has 3 heteroatoms. The maximum absolute atomic E-state index is 5.23. The van der Waals surface area contributed by atoms with E-state index in [1.807, 2.05) is 30.3 Å². The van der Waals surface area contributed by atoms with Gasteiger partial charge in [-0.05, 0) is 6.07 Å². The summed E-state index contributed by atoms with van der Waals surface area (Å²) in [5.41, 5.74) is 0. The number of hydrogen-bond acceptors (Lipinski definition) is 2. The van der Waals surface area contributed by atoms with E-state index in [-0.39, 0.29) is 0 Å². The highest BCUT2D eigenvalue weighted by Crippen LogP contribution is 2.23. The lowest BCUT2D eigenvalue weighted by molar-refractivity contribution is -0.404. The third-order valence-corrected chi connectivity index (χ3v) is 2.15. The standard InChI is InChI=1S/C11H11NO2/c1-13-10-7-8-5-3-4-6-9(8)11(12-10)14-2/h3-7H,1-2H3/p+1. The van der Waals surface area contributed by atoms with E-state index >= 15 is 0 Å². The first-order valence-electron chi connectivity index (χ1n) is 4.38. The molecule has 0 aliphatic heterocycles. The fourth-order valence-electron chi connectivity index (χ4n) is 1.46. The van der Waals surface area contributed by atoms with Crippen LogP contribution >= 0.6 is 0 Å². The molecule has 1 heterocycles. The summed E-state index contributed by atoms with van der Waals surface area (Å²) < 4.78 is 10.4. The molecule has 0 fully saturated rings. The Morgan fingerprint density at radius 1 is 1.07 bits per heavy atom. The van der Waals surface area contributed by atoms with Crippen LogP contribution in [-0.2, 0) is 0 Å². The Morgan fingerprint density at radius 3 is 2.57 bits per heavy atom. The van der Waals surface area contributed by atoms with Crippen LogP contribution in [0.5, 0.6) is 11.8 Å². The number of fused-ring (bicyclic) bond motifs is 1. The van der Waals surface area contributed by atoms with Gasteiger partial charge in [-0.25, -0.2) is 0 Å². The van der Waals surface area contributed by atoms with E-state index in [9.17, 15) is 0 Å². The lowest BCUT2D eigenvalue weighted by Crippen LogP contribution is -2.11. The van der Waals surface area contributed by atoms with Gasteiger partial charge in [0.1, 0.15) is 0 Å². The zero-order valence-corrected chi connectivity index (χ0v) is 8.20. The average molecular weight is 190 g/mol. The van der Waals surface area contributed by atoms with E-state index in [0.717, 1.165) is 16.7 Å². The summed E-state index contributed by atoms with van der Waals surface area (Å²) in [6.45, 7) is 0. The molecule has 2 rings (SSSR count). The van der Waals surface area contributed by atoms with Crippen molar-refractivity contribution in [3.8, 4) is 11.8 Å². The molecule has 0 bridgehead atoms. The van der Waals surface area contributed by atoms with E-state index < -0.39 is 0 Å². The Morgan fingerprint density at radius 2 is 1.86 bits per heavy atom. The van der Waals surface area contributed by atoms with Gasteiger partial charge >= 0.3 is 11.8 Å². The van der Waals surface area contributed by atoms with Gasteiger partial charge in [-0.3, -0.25) is 0 Å². The van der Waals surface area contributed by atoms with E-state index in [1.165, 1.54) is 0 Å². The van der Waals surface area contributed by atoms with Crippen LogP contribution in [0.25, 0.3) is 10.8 Å². The molecular formula is C11H12NO2+. The number of benzene rings is 1. The number of rotatable bonds is 2. The number of aromatic amines is 1. The summed E-state index contributed by atoms with van der Waals surface area (Å²) >= 11 is 0. The van der Waals surface area contributed by atoms with Crippen LogP contribution in [0.2, 0.25) is 0 Å². The second kappa shape index (κ2) is 3.54. The lowest BCUT2D eigenvalue weighted by Gasteiger charge is -2.00. The third kappa shape index (κ3) is 1.37. The van der Waals surface area contributed by atoms with E-state index in [0.29, 0.717) is 5.88 Å². The summed E-state index contributed by atoms with van der Waals surface area (Å²) in [5.74, 6) is 1.42. The number of pyridine rings is 1. The second-order valence-corrected chi connectivity index (χ2v) is 2.96. The first-order valence-corrected chi connectivity index (χ1v) is 4.38. The molecular weight excluding hydrogens is 178 g/mol. The second-order valence-electron chi connectivity index (χ2n) is 2.96. The van der Waals surface area contributed by atoms with Crippen LogP contribution in [0.4, 0.5) is 0 Å². The number of ether oxygens (including phenoxy) is 2. The minimum absolute atomic E-state index is 0.695. The van der Waals surface area contributed by atoms with Crippen molar-refractivity contribution in [1.82, 2.24) is 0 Å². The van der Waals surface area contributed by atoms with Crippen molar-refractivity contribution in [2.45, 2.75) is 0 Å². The number of methoxy groups -OCH3 is 2. The van der Waals surface area contributed by atoms with Crippen LogP contribution in [0.1, 0.15) is 0 Å². The van der Waals surface area contributed by atoms with Gasteiger partial charge in [-0.15, -0.1) is 4.98 Å². The topological polar surface area (TPSA) is 32.6 Å². The fraction of sp³-hybridized carbons (Fsp3) is 0.182. The van der Waals surface area contributed by atoms with Crippen molar-refractivity contribution in [2.75, 3.05) is 14.2 Å². The van der Waals surface area contributed by atoms with Crippen LogP contribution in [-0.4, -0.2) is 14.2 Å². The fourth-order valence-corrected chi connectivity index (χ4v) is 1.46. The molecule has 72 valence electrons. The van der Waals surface area contributed by atoms with Crippen LogP contribution < -0.4 is 14.5 Å². The first kappa shape index (κ1) is 8.81. The van der Waals surface area contributed by atoms with Gasteiger partial charge < -0.3 is 9.47 Å². The monoisotopic (exact) mass is 190 g/mol. The highest BCUT2D eigenvalue weighted by atomic mass is 16.5. The zero-order chi connectivity index (χ0) is 9.97. The lowest BCUT2D eigenvalue weighted by atomic mass is 10.2. The molecule has 14 heavy (non-hydrogen) atoms. The van der Waals surface area contributed by atoms with Crippen molar-refractivity contribution in [2.24, 2.45) is 0 Å². The average Bonchev–Trinajstić information content (AvgIpc) is 2.27. The maximum atomic E-state index is 5.23. The molecule has 0 aliphatic rings. The summed E-state index contributed by atoms with van der Waals surface area (Å²) in [6.07, 6.45) is 0. The van der Waals surface area contributed by atoms with Crippen molar-refractivity contribution < 1.29 is 14.5 Å². The summed E-state index contributed by atoms with van der Waals surface area (Å²) in [7, 11) is 3.26. The minimum atomic E-state index is 0.695. The van der Waals surface area contributed by atoms with E-state index in [1.54, 1.807) is 14.2 Å². The summed E-state index contributed by atoms with van der Waals surface area (Å²) in [4.78, 5) is 3.04. The number of H-pyrrole nitrogens is 1. The van der Waals surface area contributed by atoms with Crippen LogP contribution in [0, 0.1) is 0 Å². The van der Waals surface area contributed by atoms with Crippen molar-refractivity contribution in [3.05, 3.63) is 30.3 Å². The Kier molecular flexibility index (Phi) is 2.23. The minimum Gasteiger partial charge on any atom is -0.448 e. The molecule has 1 aromatic heterocycles. The van der Waals surface area contributed by atoms with Crippen LogP contribution in [0.15, 0.2) is 30.3 Å². The molecule has 1 N–H and O–H groups in total. The highest BCUT2D eigenvalue weighted by Gasteiger charge is 2.12. The predicted octanol–water partition coefficient (Wildman–Crippen LogP) is 1.67. The van der Waals surface area contributed by atoms with Gasteiger partial charge in [0, 0.05) is 5.39 Å². The highest BCUT2D eigenvalue weighted by molar-refractivity contribution is 5.86. The molecule has 0 spiro atoms. The molecule has 0 radical (unpaired) electrons. The van der Waals surface area contributed by atoms with Gasteiger partial charge in [-0.2, -0.15) is 0 Å². The van der Waals surface area contributed by atoms with Crippen LogP contribution in [0.3, 0.4) is 0 Å². The van der Waals surface area contributed by atoms with E-state index in [2.05, 4.69) is 4.98 Å². The van der Waals surface area contributed by atoms with Crippen molar-refractivity contribution in [1.29, 1.82) is 0 Å². The van der Waals surface area contributed by atoms with Crippen molar-refractivity contribution >= 4 is 10.8 Å². The molecule has 1 aromatic carbocycles. The van der Waals surface area contributed by atoms with E-state index in [4.69, 9.17) is 9.47 Å². The molecule has 0 amide bonds.